The molecular weight excluding hydrogens is 144 g/mol. The first kappa shape index (κ1) is 6.67. The Hall–Kier alpha value is -1.03. The van der Waals surface area contributed by atoms with Crippen LogP contribution in [0.5, 0.6) is 5.88 Å². The van der Waals surface area contributed by atoms with Crippen LogP contribution in [0.1, 0.15) is 18.2 Å². The first-order valence-electron chi connectivity index (χ1n) is 3.64. The van der Waals surface area contributed by atoms with E-state index in [0.717, 1.165) is 18.7 Å². The lowest BCUT2D eigenvalue weighted by Gasteiger charge is -2.24. The van der Waals surface area contributed by atoms with E-state index in [2.05, 4.69) is 10.5 Å². The third-order valence-electron chi connectivity index (χ3n) is 1.88. The summed E-state index contributed by atoms with van der Waals surface area (Å²) in [6, 6.07) is 2.17. The minimum atomic E-state index is 0.353. The minimum Gasteiger partial charge on any atom is -0.479 e. The molecule has 0 amide bonds. The molecule has 0 spiro atoms. The predicted octanol–water partition coefficient (Wildman–Crippen LogP) is 0.718. The maximum Gasteiger partial charge on any atom is 0.254 e. The lowest BCUT2D eigenvalue weighted by Crippen LogP contribution is -2.34. The zero-order chi connectivity index (χ0) is 7.68. The van der Waals surface area contributed by atoms with Gasteiger partial charge in [0.25, 0.3) is 5.88 Å². The highest BCUT2D eigenvalue weighted by atomic mass is 16.5. The third-order valence-corrected chi connectivity index (χ3v) is 1.88. The quantitative estimate of drug-likeness (QED) is 0.681. The summed E-state index contributed by atoms with van der Waals surface area (Å²) in [5, 5.41) is 6.91. The van der Waals surface area contributed by atoms with Gasteiger partial charge in [0, 0.05) is 6.07 Å². The Labute approximate surface area is 64.5 Å². The van der Waals surface area contributed by atoms with Crippen molar-refractivity contribution in [2.75, 3.05) is 13.7 Å². The van der Waals surface area contributed by atoms with Gasteiger partial charge in [-0.05, 0) is 18.1 Å². The second kappa shape index (κ2) is 2.54. The molecule has 0 aromatic carbocycles. The van der Waals surface area contributed by atoms with Crippen molar-refractivity contribution in [1.29, 1.82) is 0 Å². The van der Waals surface area contributed by atoms with E-state index < -0.39 is 0 Å². The first-order valence-corrected chi connectivity index (χ1v) is 3.64. The van der Waals surface area contributed by atoms with E-state index in [1.54, 1.807) is 7.11 Å². The topological polar surface area (TPSA) is 47.3 Å². The molecule has 2 rings (SSSR count). The molecule has 0 aliphatic carbocycles. The van der Waals surface area contributed by atoms with Gasteiger partial charge in [0.05, 0.1) is 13.2 Å². The molecule has 11 heavy (non-hydrogen) atoms. The van der Waals surface area contributed by atoms with Gasteiger partial charge in [-0.15, -0.1) is 0 Å². The van der Waals surface area contributed by atoms with Gasteiger partial charge in [0.1, 0.15) is 0 Å². The summed E-state index contributed by atoms with van der Waals surface area (Å²) < 4.78 is 9.90. The van der Waals surface area contributed by atoms with E-state index in [-0.39, 0.29) is 0 Å². The summed E-state index contributed by atoms with van der Waals surface area (Å²) >= 11 is 0. The monoisotopic (exact) mass is 154 g/mol. The highest BCUT2D eigenvalue weighted by Gasteiger charge is 2.22. The number of hydrogen-bond acceptors (Lipinski definition) is 4. The molecule has 1 aromatic heterocycles. The number of methoxy groups -OCH3 is 1. The van der Waals surface area contributed by atoms with Crippen molar-refractivity contribution in [1.82, 2.24) is 10.5 Å². The molecule has 1 unspecified atom stereocenters. The van der Waals surface area contributed by atoms with Crippen molar-refractivity contribution in [2.24, 2.45) is 0 Å². The van der Waals surface area contributed by atoms with E-state index in [9.17, 15) is 0 Å². The molecule has 4 heteroatoms. The summed E-state index contributed by atoms with van der Waals surface area (Å²) in [5.74, 6) is 1.42. The van der Waals surface area contributed by atoms with Crippen molar-refractivity contribution in [2.45, 2.75) is 12.5 Å². The van der Waals surface area contributed by atoms with Crippen LogP contribution in [-0.2, 0) is 0 Å². The molecule has 1 saturated heterocycles. The fourth-order valence-corrected chi connectivity index (χ4v) is 1.06. The van der Waals surface area contributed by atoms with E-state index in [1.807, 2.05) is 6.07 Å². The van der Waals surface area contributed by atoms with Crippen LogP contribution in [0.25, 0.3) is 0 Å². The molecule has 0 saturated carbocycles. The normalized spacial score (nSPS) is 22.8. The molecule has 60 valence electrons. The molecule has 1 atom stereocenters. The molecule has 1 fully saturated rings. The van der Waals surface area contributed by atoms with E-state index in [4.69, 9.17) is 9.26 Å². The lowest BCUT2D eigenvalue weighted by molar-refractivity contribution is 0.270. The first-order chi connectivity index (χ1) is 5.40. The van der Waals surface area contributed by atoms with Crippen molar-refractivity contribution in [3.05, 3.63) is 11.8 Å². The van der Waals surface area contributed by atoms with Crippen molar-refractivity contribution in [3.8, 4) is 5.88 Å². The number of nitrogens with one attached hydrogen (secondary N) is 1. The van der Waals surface area contributed by atoms with Gasteiger partial charge < -0.3 is 14.6 Å². The van der Waals surface area contributed by atoms with Crippen LogP contribution in [-0.4, -0.2) is 18.8 Å². The number of rotatable bonds is 2. The summed E-state index contributed by atoms with van der Waals surface area (Å²) in [7, 11) is 1.58. The molecule has 1 aliphatic heterocycles. The molecular formula is C7H10N2O2. The molecule has 1 aromatic rings. The molecule has 0 bridgehead atoms. The summed E-state index contributed by atoms with van der Waals surface area (Å²) in [6.07, 6.45) is 1.12. The Morgan fingerprint density at radius 3 is 3.09 bits per heavy atom. The Bertz CT molecular complexity index is 242. The van der Waals surface area contributed by atoms with E-state index >= 15 is 0 Å². The van der Waals surface area contributed by atoms with Crippen molar-refractivity contribution >= 4 is 0 Å². The highest BCUT2D eigenvalue weighted by Crippen LogP contribution is 2.25. The van der Waals surface area contributed by atoms with Gasteiger partial charge >= 0.3 is 0 Å². The zero-order valence-electron chi connectivity index (χ0n) is 6.33. The van der Waals surface area contributed by atoms with Crippen LogP contribution in [0.3, 0.4) is 0 Å². The number of aromatic nitrogens is 1. The summed E-state index contributed by atoms with van der Waals surface area (Å²) in [4.78, 5) is 0. The largest absolute Gasteiger partial charge is 0.479 e. The average molecular weight is 154 g/mol. The van der Waals surface area contributed by atoms with Gasteiger partial charge in [-0.3, -0.25) is 0 Å². The van der Waals surface area contributed by atoms with Crippen molar-refractivity contribution < 1.29 is 9.26 Å². The van der Waals surface area contributed by atoms with Crippen LogP contribution in [0.15, 0.2) is 10.6 Å². The Morgan fingerprint density at radius 2 is 2.64 bits per heavy atom. The average Bonchev–Trinajstić information content (AvgIpc) is 2.32. The van der Waals surface area contributed by atoms with Gasteiger partial charge in [0.15, 0.2) is 5.76 Å². The van der Waals surface area contributed by atoms with Crippen LogP contribution in [0, 0.1) is 0 Å². The fourth-order valence-electron chi connectivity index (χ4n) is 1.06. The van der Waals surface area contributed by atoms with Gasteiger partial charge in [0.2, 0.25) is 0 Å². The number of ether oxygens (including phenoxy) is 1. The molecule has 4 nitrogen and oxygen atoms in total. The van der Waals surface area contributed by atoms with Gasteiger partial charge in [-0.1, -0.05) is 0 Å². The van der Waals surface area contributed by atoms with Crippen LogP contribution < -0.4 is 10.1 Å². The molecule has 0 radical (unpaired) electrons. The summed E-state index contributed by atoms with van der Waals surface area (Å²) in [6.45, 7) is 1.06. The molecule has 2 heterocycles. The maximum absolute atomic E-state index is 5.02. The molecule has 1 aliphatic rings. The lowest BCUT2D eigenvalue weighted by atomic mass is 10.1. The third kappa shape index (κ3) is 1.09. The maximum atomic E-state index is 5.02. The van der Waals surface area contributed by atoms with Crippen LogP contribution >= 0.6 is 0 Å². The van der Waals surface area contributed by atoms with Gasteiger partial charge in [-0.25, -0.2) is 0 Å². The van der Waals surface area contributed by atoms with Crippen molar-refractivity contribution in [3.63, 3.8) is 0 Å². The number of hydrogen-bond donors (Lipinski definition) is 1. The fraction of sp³-hybridized carbons (Fsp3) is 0.571. The van der Waals surface area contributed by atoms with Crippen LogP contribution in [0.2, 0.25) is 0 Å². The summed E-state index contributed by atoms with van der Waals surface area (Å²) in [5.41, 5.74) is 0. The second-order valence-corrected chi connectivity index (χ2v) is 2.57. The second-order valence-electron chi connectivity index (χ2n) is 2.57. The van der Waals surface area contributed by atoms with E-state index in [1.165, 1.54) is 0 Å². The minimum absolute atomic E-state index is 0.353. The SMILES string of the molecule is COc1cc(C2CCN2)on1. The number of nitrogens with zero attached hydrogens (tertiary/aromatic N) is 1. The predicted molar refractivity (Wildman–Crippen MR) is 38.4 cm³/mol. The molecule has 1 N–H and O–H groups in total. The van der Waals surface area contributed by atoms with E-state index in [0.29, 0.717) is 11.9 Å². The smallest absolute Gasteiger partial charge is 0.254 e. The Kier molecular flexibility index (Phi) is 1.54. The highest BCUT2D eigenvalue weighted by molar-refractivity contribution is 5.15. The van der Waals surface area contributed by atoms with Crippen LogP contribution in [0.4, 0.5) is 0 Å². The zero-order valence-corrected chi connectivity index (χ0v) is 6.33. The Morgan fingerprint density at radius 1 is 1.82 bits per heavy atom. The van der Waals surface area contributed by atoms with Gasteiger partial charge in [-0.2, -0.15) is 0 Å². The Balaban J connectivity index is 2.11. The standard InChI is InChI=1S/C7H10N2O2/c1-10-7-4-6(11-9-7)5-2-3-8-5/h4-5,8H,2-3H2,1H3.